The minimum absolute atomic E-state index is 0.0866. The number of amidine groups is 1. The van der Waals surface area contributed by atoms with Gasteiger partial charge in [0.1, 0.15) is 5.84 Å². The summed E-state index contributed by atoms with van der Waals surface area (Å²) in [5.41, 5.74) is -0.0866. The molecule has 0 aromatic carbocycles. The lowest BCUT2D eigenvalue weighted by atomic mass is 9.92. The molecule has 0 radical (unpaired) electrons. The lowest BCUT2D eigenvalue weighted by molar-refractivity contribution is -0.130. The predicted octanol–water partition coefficient (Wildman–Crippen LogP) is 2.84. The maximum absolute atomic E-state index is 12.2. The first-order valence-corrected chi connectivity index (χ1v) is 4.36. The van der Waals surface area contributed by atoms with Crippen molar-refractivity contribution in [3.8, 4) is 0 Å². The fourth-order valence-corrected chi connectivity index (χ4v) is 1.11. The van der Waals surface area contributed by atoms with Crippen molar-refractivity contribution < 1.29 is 13.2 Å². The molecule has 5 heteroatoms. The van der Waals surface area contributed by atoms with Crippen LogP contribution in [0, 0.1) is 5.41 Å². The molecule has 0 saturated carbocycles. The molecular formula is C9H13F3N2. The minimum Gasteiger partial charge on any atom is -0.252 e. The number of hydrogen-bond donors (Lipinski definition) is 0. The highest BCUT2D eigenvalue weighted by atomic mass is 19.4. The van der Waals surface area contributed by atoms with Crippen molar-refractivity contribution in [3.63, 3.8) is 0 Å². The van der Waals surface area contributed by atoms with Gasteiger partial charge >= 0.3 is 6.18 Å². The zero-order chi connectivity index (χ0) is 11.0. The second-order valence-corrected chi connectivity index (χ2v) is 4.55. The van der Waals surface area contributed by atoms with Gasteiger partial charge in [0.2, 0.25) is 0 Å². The molecule has 1 atom stereocenters. The summed E-state index contributed by atoms with van der Waals surface area (Å²) >= 11 is 0. The van der Waals surface area contributed by atoms with E-state index < -0.39 is 12.2 Å². The molecule has 0 amide bonds. The summed E-state index contributed by atoms with van der Waals surface area (Å²) in [5, 5.41) is 0. The Morgan fingerprint density at radius 3 is 2.21 bits per heavy atom. The van der Waals surface area contributed by atoms with Gasteiger partial charge in [0.25, 0.3) is 0 Å². The van der Waals surface area contributed by atoms with Gasteiger partial charge < -0.3 is 0 Å². The van der Waals surface area contributed by atoms with Crippen LogP contribution in [0.15, 0.2) is 9.98 Å². The molecule has 14 heavy (non-hydrogen) atoms. The number of rotatable bonds is 1. The van der Waals surface area contributed by atoms with Gasteiger partial charge in [-0.1, -0.05) is 20.8 Å². The Morgan fingerprint density at radius 1 is 1.29 bits per heavy atom. The summed E-state index contributed by atoms with van der Waals surface area (Å²) in [5.74, 6) is 0.292. The van der Waals surface area contributed by atoms with Crippen LogP contribution in [0.4, 0.5) is 13.2 Å². The summed E-state index contributed by atoms with van der Waals surface area (Å²) in [6, 6.07) is -1.74. The van der Waals surface area contributed by atoms with Gasteiger partial charge in [0.15, 0.2) is 6.04 Å². The first-order chi connectivity index (χ1) is 6.18. The third-order valence-corrected chi connectivity index (χ3v) is 1.68. The molecule has 0 spiro atoms. The van der Waals surface area contributed by atoms with Crippen LogP contribution < -0.4 is 0 Å². The van der Waals surface area contributed by atoms with E-state index in [1.165, 1.54) is 0 Å². The molecule has 0 N–H and O–H groups in total. The van der Waals surface area contributed by atoms with Gasteiger partial charge in [-0.3, -0.25) is 4.99 Å². The van der Waals surface area contributed by atoms with E-state index in [2.05, 4.69) is 9.98 Å². The van der Waals surface area contributed by atoms with E-state index in [4.69, 9.17) is 0 Å². The largest absolute Gasteiger partial charge is 0.415 e. The highest BCUT2D eigenvalue weighted by Crippen LogP contribution is 2.27. The van der Waals surface area contributed by atoms with Crippen LogP contribution in [-0.2, 0) is 0 Å². The van der Waals surface area contributed by atoms with Crippen molar-refractivity contribution in [1.29, 1.82) is 0 Å². The van der Waals surface area contributed by atoms with Crippen LogP contribution >= 0.6 is 0 Å². The van der Waals surface area contributed by atoms with Crippen molar-refractivity contribution in [2.24, 2.45) is 15.4 Å². The molecule has 1 aliphatic rings. The maximum Gasteiger partial charge on any atom is 0.415 e. The molecule has 1 rings (SSSR count). The van der Waals surface area contributed by atoms with Crippen molar-refractivity contribution in [3.05, 3.63) is 0 Å². The van der Waals surface area contributed by atoms with Crippen LogP contribution in [0.2, 0.25) is 0 Å². The number of aliphatic imine (C=N–C) groups is 2. The maximum atomic E-state index is 12.2. The van der Waals surface area contributed by atoms with E-state index in [1.54, 1.807) is 0 Å². The van der Waals surface area contributed by atoms with E-state index in [0.29, 0.717) is 12.3 Å². The average molecular weight is 206 g/mol. The van der Waals surface area contributed by atoms with Crippen molar-refractivity contribution >= 4 is 12.1 Å². The van der Waals surface area contributed by atoms with Crippen LogP contribution in [0.25, 0.3) is 0 Å². The van der Waals surface area contributed by atoms with Gasteiger partial charge in [0.05, 0.1) is 0 Å². The zero-order valence-corrected chi connectivity index (χ0v) is 8.39. The summed E-state index contributed by atoms with van der Waals surface area (Å²) in [4.78, 5) is 7.19. The second-order valence-electron chi connectivity index (χ2n) is 4.55. The Hall–Kier alpha value is -0.870. The van der Waals surface area contributed by atoms with Gasteiger partial charge in [-0.05, 0) is 5.41 Å². The molecule has 0 aliphatic carbocycles. The molecule has 1 unspecified atom stereocenters. The van der Waals surface area contributed by atoms with Crippen LogP contribution in [0.3, 0.4) is 0 Å². The van der Waals surface area contributed by atoms with Crippen molar-refractivity contribution in [2.45, 2.75) is 39.4 Å². The Labute approximate surface area is 80.9 Å². The predicted molar refractivity (Wildman–Crippen MR) is 49.8 cm³/mol. The van der Waals surface area contributed by atoms with Gasteiger partial charge in [0, 0.05) is 12.6 Å². The van der Waals surface area contributed by atoms with Crippen LogP contribution in [0.1, 0.15) is 27.2 Å². The molecule has 0 fully saturated rings. The van der Waals surface area contributed by atoms with Crippen molar-refractivity contribution in [1.82, 2.24) is 0 Å². The third-order valence-electron chi connectivity index (χ3n) is 1.68. The summed E-state index contributed by atoms with van der Waals surface area (Å²) < 4.78 is 36.5. The molecule has 1 aliphatic heterocycles. The van der Waals surface area contributed by atoms with Gasteiger partial charge in [-0.25, -0.2) is 4.99 Å². The van der Waals surface area contributed by atoms with E-state index in [-0.39, 0.29) is 5.41 Å². The lowest BCUT2D eigenvalue weighted by Crippen LogP contribution is -2.26. The molecule has 1 heterocycles. The summed E-state index contributed by atoms with van der Waals surface area (Å²) in [7, 11) is 0. The lowest BCUT2D eigenvalue weighted by Gasteiger charge is -2.16. The third kappa shape index (κ3) is 3.12. The minimum atomic E-state index is -4.30. The van der Waals surface area contributed by atoms with Crippen LogP contribution in [-0.4, -0.2) is 24.3 Å². The monoisotopic (exact) mass is 206 g/mol. The van der Waals surface area contributed by atoms with E-state index in [1.807, 2.05) is 20.8 Å². The topological polar surface area (TPSA) is 24.7 Å². The number of hydrogen-bond acceptors (Lipinski definition) is 2. The number of halogens is 3. The summed E-state index contributed by atoms with van der Waals surface area (Å²) in [6.07, 6.45) is -2.97. The Balaban J connectivity index is 2.66. The fraction of sp³-hybridized carbons (Fsp3) is 0.778. The fourth-order valence-electron chi connectivity index (χ4n) is 1.11. The molecule has 0 saturated heterocycles. The highest BCUT2D eigenvalue weighted by molar-refractivity contribution is 5.96. The highest BCUT2D eigenvalue weighted by Gasteiger charge is 2.40. The molecule has 0 aromatic heterocycles. The average Bonchev–Trinajstić information content (AvgIpc) is 2.29. The van der Waals surface area contributed by atoms with Crippen molar-refractivity contribution in [2.75, 3.05) is 0 Å². The Bertz CT molecular complexity index is 271. The SMILES string of the molecule is CC(C)(C)CC1=NC(C(F)(F)F)C=N1. The Kier molecular flexibility index (Phi) is 2.69. The molecule has 2 nitrogen and oxygen atoms in total. The van der Waals surface area contributed by atoms with Crippen LogP contribution in [0.5, 0.6) is 0 Å². The zero-order valence-electron chi connectivity index (χ0n) is 8.39. The van der Waals surface area contributed by atoms with Gasteiger partial charge in [-0.15, -0.1) is 0 Å². The molecule has 0 aromatic rings. The first-order valence-electron chi connectivity index (χ1n) is 4.36. The number of alkyl halides is 3. The Morgan fingerprint density at radius 2 is 1.86 bits per heavy atom. The molecule has 80 valence electrons. The van der Waals surface area contributed by atoms with Gasteiger partial charge in [-0.2, -0.15) is 13.2 Å². The van der Waals surface area contributed by atoms with E-state index in [9.17, 15) is 13.2 Å². The summed E-state index contributed by atoms with van der Waals surface area (Å²) in [6.45, 7) is 5.81. The smallest absolute Gasteiger partial charge is 0.252 e. The van der Waals surface area contributed by atoms with E-state index >= 15 is 0 Å². The van der Waals surface area contributed by atoms with E-state index in [0.717, 1.165) is 6.21 Å². The second kappa shape index (κ2) is 3.37. The molecule has 0 bridgehead atoms. The standard InChI is InChI=1S/C9H13F3N2/c1-8(2,3)4-7-13-5-6(14-7)9(10,11)12/h5-6H,4H2,1-3H3. The normalized spacial score (nSPS) is 22.7. The molecular weight excluding hydrogens is 193 g/mol. The number of nitrogens with zero attached hydrogens (tertiary/aromatic N) is 2. The first kappa shape index (κ1) is 11.2. The quantitative estimate of drug-likeness (QED) is 0.630.